The van der Waals surface area contributed by atoms with Crippen LogP contribution in [0.5, 0.6) is 0 Å². The van der Waals surface area contributed by atoms with Gasteiger partial charge in [-0.3, -0.25) is 0 Å². The van der Waals surface area contributed by atoms with Gasteiger partial charge in [0.25, 0.3) is 0 Å². The summed E-state index contributed by atoms with van der Waals surface area (Å²) in [5.74, 6) is 3.06. The molecule has 1 fully saturated rings. The van der Waals surface area contributed by atoms with Gasteiger partial charge < -0.3 is 5.11 Å². The molecule has 0 spiro atoms. The van der Waals surface area contributed by atoms with Crippen LogP contribution < -0.4 is 0 Å². The molecule has 1 unspecified atom stereocenters. The molecule has 0 aromatic heterocycles. The summed E-state index contributed by atoms with van der Waals surface area (Å²) in [6, 6.07) is 0. The van der Waals surface area contributed by atoms with Gasteiger partial charge in [-0.1, -0.05) is 44.8 Å². The van der Waals surface area contributed by atoms with Crippen molar-refractivity contribution in [1.82, 2.24) is 0 Å². The van der Waals surface area contributed by atoms with E-state index in [1.165, 1.54) is 6.42 Å². The zero-order valence-corrected chi connectivity index (χ0v) is 11.7. The first-order valence-corrected chi connectivity index (χ1v) is 9.66. The minimum atomic E-state index is -1.37. The average molecular weight is 245 g/mol. The van der Waals surface area contributed by atoms with Crippen LogP contribution in [0.25, 0.3) is 0 Å². The standard InChI is InChI=1S/C12H21ClOSi/c1-15(2,3)10-7-11(13)12(14)8-5-4-6-9-12/h11,14H,4-6,8-9H2,1-3H3. The maximum Gasteiger partial charge on any atom is 0.129 e. The van der Waals surface area contributed by atoms with E-state index in [2.05, 4.69) is 31.1 Å². The lowest BCUT2D eigenvalue weighted by Gasteiger charge is -2.33. The van der Waals surface area contributed by atoms with Gasteiger partial charge in [0.05, 0.1) is 5.60 Å². The Morgan fingerprint density at radius 2 is 1.73 bits per heavy atom. The summed E-state index contributed by atoms with van der Waals surface area (Å²) in [5, 5.41) is 9.93. The van der Waals surface area contributed by atoms with Gasteiger partial charge in [-0.25, -0.2) is 0 Å². The molecular formula is C12H21ClOSi. The van der Waals surface area contributed by atoms with Gasteiger partial charge in [-0.05, 0) is 12.8 Å². The number of alkyl halides is 1. The topological polar surface area (TPSA) is 20.2 Å². The molecule has 0 aromatic carbocycles. The van der Waals surface area contributed by atoms with Crippen LogP contribution in [0.3, 0.4) is 0 Å². The zero-order chi connectivity index (χ0) is 11.5. The molecule has 0 aliphatic heterocycles. The molecule has 1 aliphatic carbocycles. The third-order valence-electron chi connectivity index (χ3n) is 2.77. The maximum absolute atomic E-state index is 10.3. The normalized spacial score (nSPS) is 22.7. The Balaban J connectivity index is 2.65. The number of halogens is 1. The Labute approximate surface area is 99.2 Å². The predicted molar refractivity (Wildman–Crippen MR) is 68.8 cm³/mol. The van der Waals surface area contributed by atoms with E-state index in [0.29, 0.717) is 0 Å². The molecule has 1 rings (SSSR count). The van der Waals surface area contributed by atoms with Crippen molar-refractivity contribution in [3.05, 3.63) is 0 Å². The number of hydrogen-bond acceptors (Lipinski definition) is 1. The van der Waals surface area contributed by atoms with E-state index >= 15 is 0 Å². The second-order valence-electron chi connectivity index (χ2n) is 5.55. The van der Waals surface area contributed by atoms with Crippen molar-refractivity contribution in [1.29, 1.82) is 0 Å². The summed E-state index contributed by atoms with van der Waals surface area (Å²) in [6.45, 7) is 6.57. The number of rotatable bonds is 1. The Bertz CT molecular complexity index is 266. The van der Waals surface area contributed by atoms with Gasteiger partial charge in [0, 0.05) is 0 Å². The molecule has 1 saturated carbocycles. The van der Waals surface area contributed by atoms with Crippen molar-refractivity contribution < 1.29 is 5.11 Å². The number of hydrogen-bond donors (Lipinski definition) is 1. The fourth-order valence-electron chi connectivity index (χ4n) is 1.83. The van der Waals surface area contributed by atoms with Gasteiger partial charge in [-0.2, -0.15) is 0 Å². The van der Waals surface area contributed by atoms with Crippen LogP contribution >= 0.6 is 11.6 Å². The number of aliphatic hydroxyl groups is 1. The molecule has 3 heteroatoms. The van der Waals surface area contributed by atoms with E-state index in [1.807, 2.05) is 0 Å². The van der Waals surface area contributed by atoms with Crippen molar-refractivity contribution in [3.8, 4) is 11.5 Å². The smallest absolute Gasteiger partial charge is 0.129 e. The third-order valence-corrected chi connectivity index (χ3v) is 4.17. The van der Waals surface area contributed by atoms with E-state index in [0.717, 1.165) is 25.7 Å². The lowest BCUT2D eigenvalue weighted by molar-refractivity contribution is 0.0121. The van der Waals surface area contributed by atoms with Crippen LogP contribution in [0.15, 0.2) is 0 Å². The maximum atomic E-state index is 10.3. The molecule has 0 radical (unpaired) electrons. The van der Waals surface area contributed by atoms with Crippen molar-refractivity contribution >= 4 is 19.7 Å². The van der Waals surface area contributed by atoms with Crippen molar-refractivity contribution in [2.24, 2.45) is 0 Å². The molecular weight excluding hydrogens is 224 g/mol. The monoisotopic (exact) mass is 244 g/mol. The van der Waals surface area contributed by atoms with E-state index in [9.17, 15) is 5.11 Å². The molecule has 0 aromatic rings. The summed E-state index contributed by atoms with van der Waals surface area (Å²) >= 11 is 6.21. The average Bonchev–Trinajstić information content (AvgIpc) is 2.14. The second-order valence-corrected chi connectivity index (χ2v) is 10.7. The Morgan fingerprint density at radius 1 is 1.20 bits per heavy atom. The highest BCUT2D eigenvalue weighted by Crippen LogP contribution is 2.33. The van der Waals surface area contributed by atoms with Gasteiger partial charge in [-0.15, -0.1) is 17.1 Å². The van der Waals surface area contributed by atoms with Crippen LogP contribution in [0.2, 0.25) is 19.6 Å². The molecule has 0 saturated heterocycles. The highest BCUT2D eigenvalue weighted by molar-refractivity contribution is 6.83. The minimum Gasteiger partial charge on any atom is -0.387 e. The Morgan fingerprint density at radius 3 is 2.20 bits per heavy atom. The minimum absolute atomic E-state index is 0.385. The quantitative estimate of drug-likeness (QED) is 0.427. The second kappa shape index (κ2) is 4.91. The van der Waals surface area contributed by atoms with Crippen molar-refractivity contribution in [2.75, 3.05) is 0 Å². The Kier molecular flexibility index (Phi) is 4.28. The molecule has 1 aliphatic rings. The lowest BCUT2D eigenvalue weighted by atomic mass is 9.82. The van der Waals surface area contributed by atoms with Gasteiger partial charge >= 0.3 is 0 Å². The van der Waals surface area contributed by atoms with Crippen molar-refractivity contribution in [3.63, 3.8) is 0 Å². The molecule has 1 N–H and O–H groups in total. The summed E-state index contributed by atoms with van der Waals surface area (Å²) in [7, 11) is -1.37. The van der Waals surface area contributed by atoms with E-state index in [1.54, 1.807) is 0 Å². The van der Waals surface area contributed by atoms with Gasteiger partial charge in [0.2, 0.25) is 0 Å². The largest absolute Gasteiger partial charge is 0.387 e. The first kappa shape index (κ1) is 13.1. The molecule has 86 valence electrons. The van der Waals surface area contributed by atoms with Crippen LogP contribution in [0, 0.1) is 11.5 Å². The highest BCUT2D eigenvalue weighted by atomic mass is 35.5. The molecule has 1 nitrogen and oxygen atoms in total. The summed E-state index contributed by atoms with van der Waals surface area (Å²) in [6.07, 6.45) is 4.99. The van der Waals surface area contributed by atoms with Gasteiger partial charge in [0.15, 0.2) is 0 Å². The molecule has 0 amide bonds. The molecule has 1 atom stereocenters. The fourth-order valence-corrected chi connectivity index (χ4v) is 2.77. The first-order valence-electron chi connectivity index (χ1n) is 5.73. The lowest BCUT2D eigenvalue weighted by Crippen LogP contribution is -2.40. The molecule has 15 heavy (non-hydrogen) atoms. The van der Waals surface area contributed by atoms with E-state index in [4.69, 9.17) is 11.6 Å². The SMILES string of the molecule is C[Si](C)(C)C#CC(Cl)C1(O)CCCCC1. The summed E-state index contributed by atoms with van der Waals surface area (Å²) < 4.78 is 0. The van der Waals surface area contributed by atoms with E-state index < -0.39 is 13.7 Å². The predicted octanol–water partition coefficient (Wildman–Crippen LogP) is 3.17. The van der Waals surface area contributed by atoms with E-state index in [-0.39, 0.29) is 5.38 Å². The molecule has 0 bridgehead atoms. The van der Waals surface area contributed by atoms with Crippen LogP contribution in [0.4, 0.5) is 0 Å². The summed E-state index contributed by atoms with van der Waals surface area (Å²) in [4.78, 5) is 0. The van der Waals surface area contributed by atoms with Crippen LogP contribution in [-0.4, -0.2) is 24.2 Å². The van der Waals surface area contributed by atoms with Gasteiger partial charge in [0.1, 0.15) is 13.5 Å². The van der Waals surface area contributed by atoms with Crippen LogP contribution in [-0.2, 0) is 0 Å². The highest BCUT2D eigenvalue weighted by Gasteiger charge is 2.35. The zero-order valence-electron chi connectivity index (χ0n) is 9.94. The van der Waals surface area contributed by atoms with Crippen LogP contribution in [0.1, 0.15) is 32.1 Å². The molecule has 0 heterocycles. The first-order chi connectivity index (χ1) is 6.83. The van der Waals surface area contributed by atoms with Crippen molar-refractivity contribution in [2.45, 2.75) is 62.7 Å². The third kappa shape index (κ3) is 4.18. The fraction of sp³-hybridized carbons (Fsp3) is 0.833. The summed E-state index contributed by atoms with van der Waals surface area (Å²) in [5.41, 5.74) is 2.51. The Hall–Kier alpha value is 0.0269.